The van der Waals surface area contributed by atoms with Gasteiger partial charge in [0, 0.05) is 39.1 Å². The van der Waals surface area contributed by atoms with E-state index in [1.54, 1.807) is 7.05 Å². The zero-order valence-corrected chi connectivity index (χ0v) is 17.8. The van der Waals surface area contributed by atoms with Crippen molar-refractivity contribution in [3.8, 4) is 0 Å². The highest BCUT2D eigenvalue weighted by Crippen LogP contribution is 2.13. The summed E-state index contributed by atoms with van der Waals surface area (Å²) in [4.78, 5) is 18.6. The van der Waals surface area contributed by atoms with Gasteiger partial charge in [0.2, 0.25) is 5.91 Å². The van der Waals surface area contributed by atoms with Crippen LogP contribution in [0.4, 0.5) is 0 Å². The summed E-state index contributed by atoms with van der Waals surface area (Å²) in [5.41, 5.74) is 2.60. The Morgan fingerprint density at radius 2 is 1.79 bits per heavy atom. The van der Waals surface area contributed by atoms with Gasteiger partial charge < -0.3 is 16.0 Å². The van der Waals surface area contributed by atoms with E-state index in [1.165, 1.54) is 43.5 Å². The fourth-order valence-electron chi connectivity index (χ4n) is 3.29. The minimum absolute atomic E-state index is 0.0709. The van der Waals surface area contributed by atoms with E-state index >= 15 is 0 Å². The maximum atomic E-state index is 11.8. The number of piperidine rings is 1. The van der Waals surface area contributed by atoms with Crippen molar-refractivity contribution in [3.05, 3.63) is 35.4 Å². The average Bonchev–Trinajstić information content (AvgIpc) is 2.72. The average molecular weight is 388 g/mol. The van der Waals surface area contributed by atoms with E-state index in [4.69, 9.17) is 0 Å². The van der Waals surface area contributed by atoms with Crippen LogP contribution in [0.5, 0.6) is 0 Å². The zero-order valence-electron chi connectivity index (χ0n) is 17.8. The Bertz CT molecular complexity index is 608. The molecular weight excluding hydrogens is 350 g/mol. The molecule has 0 aliphatic carbocycles. The Morgan fingerprint density at radius 1 is 1.11 bits per heavy atom. The zero-order chi connectivity index (χ0) is 20.2. The van der Waals surface area contributed by atoms with E-state index in [1.807, 2.05) is 6.92 Å². The van der Waals surface area contributed by atoms with Crippen molar-refractivity contribution in [3.63, 3.8) is 0 Å². The van der Waals surface area contributed by atoms with Gasteiger partial charge in [-0.25, -0.2) is 0 Å². The normalized spacial score (nSPS) is 16.5. The van der Waals surface area contributed by atoms with E-state index in [9.17, 15) is 4.79 Å². The number of rotatable bonds is 9. The monoisotopic (exact) mass is 387 g/mol. The Kier molecular flexibility index (Phi) is 9.83. The maximum Gasteiger partial charge on any atom is 0.221 e. The first-order valence-electron chi connectivity index (χ1n) is 10.6. The summed E-state index contributed by atoms with van der Waals surface area (Å²) in [6.45, 7) is 8.86. The highest BCUT2D eigenvalue weighted by atomic mass is 16.1. The summed E-state index contributed by atoms with van der Waals surface area (Å²) >= 11 is 0. The molecule has 0 saturated carbocycles. The minimum Gasteiger partial charge on any atom is -0.356 e. The lowest BCUT2D eigenvalue weighted by Gasteiger charge is -2.26. The molecule has 0 spiro atoms. The molecule has 1 aliphatic heterocycles. The first-order valence-corrected chi connectivity index (χ1v) is 10.6. The van der Waals surface area contributed by atoms with Crippen LogP contribution in [0.2, 0.25) is 0 Å². The third kappa shape index (κ3) is 8.30. The molecule has 1 aromatic rings. The van der Waals surface area contributed by atoms with Gasteiger partial charge in [-0.05, 0) is 50.4 Å². The molecule has 1 saturated heterocycles. The molecule has 3 N–H and O–H groups in total. The molecule has 0 bridgehead atoms. The van der Waals surface area contributed by atoms with Gasteiger partial charge in [0.05, 0.1) is 0 Å². The molecule has 156 valence electrons. The van der Waals surface area contributed by atoms with Crippen LogP contribution in [0.15, 0.2) is 29.3 Å². The van der Waals surface area contributed by atoms with Crippen LogP contribution in [-0.4, -0.2) is 49.5 Å². The molecule has 28 heavy (non-hydrogen) atoms. The van der Waals surface area contributed by atoms with E-state index in [-0.39, 0.29) is 11.9 Å². The number of guanidine groups is 1. The maximum absolute atomic E-state index is 11.8. The number of hydrogen-bond donors (Lipinski definition) is 3. The highest BCUT2D eigenvalue weighted by molar-refractivity contribution is 5.81. The van der Waals surface area contributed by atoms with Crippen LogP contribution < -0.4 is 16.0 Å². The van der Waals surface area contributed by atoms with Crippen molar-refractivity contribution in [1.29, 1.82) is 0 Å². The molecule has 1 aliphatic rings. The van der Waals surface area contributed by atoms with Crippen molar-refractivity contribution in [2.45, 2.75) is 65.1 Å². The van der Waals surface area contributed by atoms with Gasteiger partial charge in [-0.2, -0.15) is 0 Å². The predicted molar refractivity (Wildman–Crippen MR) is 116 cm³/mol. The lowest BCUT2D eigenvalue weighted by Crippen LogP contribution is -2.40. The number of nitrogens with zero attached hydrogens (tertiary/aromatic N) is 2. The number of likely N-dealkylation sites (tertiary alicyclic amines) is 1. The van der Waals surface area contributed by atoms with Crippen molar-refractivity contribution < 1.29 is 4.79 Å². The molecule has 1 heterocycles. The Balaban J connectivity index is 1.68. The van der Waals surface area contributed by atoms with Crippen molar-refractivity contribution in [1.82, 2.24) is 20.9 Å². The van der Waals surface area contributed by atoms with E-state index in [2.05, 4.69) is 57.0 Å². The van der Waals surface area contributed by atoms with Crippen LogP contribution in [0, 0.1) is 0 Å². The third-order valence-corrected chi connectivity index (χ3v) is 5.23. The number of aliphatic imine (C=N–C) groups is 1. The number of benzene rings is 1. The number of carbonyl (C=O) groups excluding carboxylic acids is 1. The van der Waals surface area contributed by atoms with E-state index < -0.39 is 0 Å². The van der Waals surface area contributed by atoms with Crippen LogP contribution >= 0.6 is 0 Å². The Labute approximate surface area is 170 Å². The van der Waals surface area contributed by atoms with Crippen molar-refractivity contribution in [2.75, 3.05) is 26.7 Å². The lowest BCUT2D eigenvalue weighted by atomic mass is 10.1. The van der Waals surface area contributed by atoms with Gasteiger partial charge in [0.15, 0.2) is 5.96 Å². The van der Waals surface area contributed by atoms with Gasteiger partial charge in [-0.15, -0.1) is 0 Å². The lowest BCUT2D eigenvalue weighted by molar-refractivity contribution is -0.121. The molecular formula is C22H37N5O. The van der Waals surface area contributed by atoms with Gasteiger partial charge in [0.1, 0.15) is 0 Å². The fraction of sp³-hybridized carbons (Fsp3) is 0.636. The fourth-order valence-corrected chi connectivity index (χ4v) is 3.29. The molecule has 6 heteroatoms. The SMILES string of the molecule is CCC(C)NC(=O)CCNC(=NC)NCc1ccc(CN2CCCCC2)cc1. The minimum atomic E-state index is 0.0709. The molecule has 1 fully saturated rings. The van der Waals surface area contributed by atoms with Gasteiger partial charge in [-0.1, -0.05) is 37.6 Å². The predicted octanol–water partition coefficient (Wildman–Crippen LogP) is 2.64. The summed E-state index contributed by atoms with van der Waals surface area (Å²) < 4.78 is 0. The smallest absolute Gasteiger partial charge is 0.221 e. The van der Waals surface area contributed by atoms with E-state index in [0.29, 0.717) is 25.5 Å². The molecule has 6 nitrogen and oxygen atoms in total. The van der Waals surface area contributed by atoms with Crippen molar-refractivity contribution in [2.24, 2.45) is 4.99 Å². The number of carbonyl (C=O) groups is 1. The van der Waals surface area contributed by atoms with E-state index in [0.717, 1.165) is 13.0 Å². The topological polar surface area (TPSA) is 68.8 Å². The summed E-state index contributed by atoms with van der Waals surface area (Å²) in [5, 5.41) is 9.48. The van der Waals surface area contributed by atoms with Crippen LogP contribution in [-0.2, 0) is 17.9 Å². The molecule has 0 aromatic heterocycles. The second kappa shape index (κ2) is 12.4. The van der Waals surface area contributed by atoms with Crippen LogP contribution in [0.1, 0.15) is 57.1 Å². The molecule has 0 radical (unpaired) electrons. The molecule has 1 atom stereocenters. The summed E-state index contributed by atoms with van der Waals surface area (Å²) in [6, 6.07) is 9.03. The largest absolute Gasteiger partial charge is 0.356 e. The third-order valence-electron chi connectivity index (χ3n) is 5.23. The van der Waals surface area contributed by atoms with Gasteiger partial charge in [0.25, 0.3) is 0 Å². The molecule has 1 unspecified atom stereocenters. The molecule has 1 amide bonds. The summed E-state index contributed by atoms with van der Waals surface area (Å²) in [6.07, 6.45) is 5.41. The number of nitrogens with one attached hydrogen (secondary N) is 3. The standard InChI is InChI=1S/C22H37N5O/c1-4-18(2)26-21(28)12-13-24-22(23-3)25-16-19-8-10-20(11-9-19)17-27-14-6-5-7-15-27/h8-11,18H,4-7,12-17H2,1-3H3,(H,26,28)(H2,23,24,25). The first-order chi connectivity index (χ1) is 13.6. The quantitative estimate of drug-likeness (QED) is 0.450. The Hall–Kier alpha value is -2.08. The highest BCUT2D eigenvalue weighted by Gasteiger charge is 2.10. The Morgan fingerprint density at radius 3 is 2.43 bits per heavy atom. The molecule has 2 rings (SSSR count). The molecule has 1 aromatic carbocycles. The van der Waals surface area contributed by atoms with Crippen molar-refractivity contribution >= 4 is 11.9 Å². The second-order valence-electron chi connectivity index (χ2n) is 7.63. The first kappa shape index (κ1) is 22.2. The summed E-state index contributed by atoms with van der Waals surface area (Å²) in [5.74, 6) is 0.787. The van der Waals surface area contributed by atoms with Crippen LogP contribution in [0.25, 0.3) is 0 Å². The second-order valence-corrected chi connectivity index (χ2v) is 7.63. The van der Waals surface area contributed by atoms with Gasteiger partial charge >= 0.3 is 0 Å². The number of hydrogen-bond acceptors (Lipinski definition) is 3. The van der Waals surface area contributed by atoms with Crippen LogP contribution in [0.3, 0.4) is 0 Å². The van der Waals surface area contributed by atoms with Gasteiger partial charge in [-0.3, -0.25) is 14.7 Å². The summed E-state index contributed by atoms with van der Waals surface area (Å²) in [7, 11) is 1.75. The number of amides is 1.